The van der Waals surface area contributed by atoms with E-state index in [2.05, 4.69) is 24.1 Å². The Kier molecular flexibility index (Phi) is 5.85. The molecule has 116 valence electrons. The second-order valence-electron chi connectivity index (χ2n) is 6.84. The molecule has 0 aromatic rings. The molecule has 0 aromatic carbocycles. The van der Waals surface area contributed by atoms with Crippen LogP contribution in [0.2, 0.25) is 0 Å². The maximum Gasteiger partial charge on any atom is 0.223 e. The Morgan fingerprint density at radius 2 is 2.00 bits per heavy atom. The van der Waals surface area contributed by atoms with Crippen molar-refractivity contribution in [2.75, 3.05) is 19.6 Å². The molecule has 1 saturated carbocycles. The molecule has 0 radical (unpaired) electrons. The number of nitrogens with one attached hydrogen (secondary N) is 1. The molecule has 1 heterocycles. The van der Waals surface area contributed by atoms with E-state index in [4.69, 9.17) is 5.73 Å². The maximum absolute atomic E-state index is 12.3. The molecule has 3 N–H and O–H groups in total. The highest BCUT2D eigenvalue weighted by Gasteiger charge is 2.29. The summed E-state index contributed by atoms with van der Waals surface area (Å²) in [4.78, 5) is 14.8. The van der Waals surface area contributed by atoms with Gasteiger partial charge in [-0.25, -0.2) is 0 Å². The van der Waals surface area contributed by atoms with E-state index in [1.165, 1.54) is 32.4 Å². The minimum absolute atomic E-state index is 0.179. The smallest absolute Gasteiger partial charge is 0.223 e. The topological polar surface area (TPSA) is 58.4 Å². The number of piperidine rings is 1. The van der Waals surface area contributed by atoms with Crippen molar-refractivity contribution in [1.82, 2.24) is 10.2 Å². The van der Waals surface area contributed by atoms with Crippen LogP contribution in [0.15, 0.2) is 0 Å². The first kappa shape index (κ1) is 15.8. The quantitative estimate of drug-likeness (QED) is 0.825. The molecule has 2 fully saturated rings. The number of carbonyl (C=O) groups excluding carboxylic acids is 1. The first-order valence-corrected chi connectivity index (χ1v) is 8.35. The van der Waals surface area contributed by atoms with Crippen molar-refractivity contribution < 1.29 is 4.79 Å². The second kappa shape index (κ2) is 7.41. The molecule has 4 heteroatoms. The Labute approximate surface area is 123 Å². The minimum Gasteiger partial charge on any atom is -0.354 e. The summed E-state index contributed by atoms with van der Waals surface area (Å²) in [6.07, 6.45) is 6.85. The van der Waals surface area contributed by atoms with E-state index in [0.717, 1.165) is 25.8 Å². The highest BCUT2D eigenvalue weighted by atomic mass is 16.1. The van der Waals surface area contributed by atoms with Crippen LogP contribution in [0.5, 0.6) is 0 Å². The number of nitrogens with zero attached hydrogens (tertiary/aromatic N) is 1. The highest BCUT2D eigenvalue weighted by Crippen LogP contribution is 2.28. The van der Waals surface area contributed by atoms with E-state index >= 15 is 0 Å². The van der Waals surface area contributed by atoms with Crippen LogP contribution >= 0.6 is 0 Å². The summed E-state index contributed by atoms with van der Waals surface area (Å²) in [5.74, 6) is 0.894. The number of likely N-dealkylation sites (tertiary alicyclic amines) is 1. The molecule has 4 atom stereocenters. The largest absolute Gasteiger partial charge is 0.354 e. The Bertz CT molecular complexity index is 315. The molecular weight excluding hydrogens is 250 g/mol. The SMILES string of the molecule is CC1CC(C(=O)NCC(C)N2CCCCC2)CCC1N. The van der Waals surface area contributed by atoms with Gasteiger partial charge in [0.1, 0.15) is 0 Å². The lowest BCUT2D eigenvalue weighted by atomic mass is 9.79. The van der Waals surface area contributed by atoms with Gasteiger partial charge >= 0.3 is 0 Å². The average Bonchev–Trinajstić information content (AvgIpc) is 2.48. The third-order valence-electron chi connectivity index (χ3n) is 5.19. The number of carbonyl (C=O) groups is 1. The van der Waals surface area contributed by atoms with Crippen molar-refractivity contribution in [2.24, 2.45) is 17.6 Å². The third kappa shape index (κ3) is 4.19. The molecular formula is C16H31N3O. The molecule has 0 aromatic heterocycles. The number of nitrogens with two attached hydrogens (primary N) is 1. The fourth-order valence-electron chi connectivity index (χ4n) is 3.54. The van der Waals surface area contributed by atoms with Crippen LogP contribution in [0.1, 0.15) is 52.4 Å². The van der Waals surface area contributed by atoms with Gasteiger partial charge in [0, 0.05) is 24.5 Å². The van der Waals surface area contributed by atoms with Gasteiger partial charge in [-0.2, -0.15) is 0 Å². The van der Waals surface area contributed by atoms with Crippen LogP contribution in [0.3, 0.4) is 0 Å². The molecule has 0 bridgehead atoms. The Balaban J connectivity index is 1.71. The molecule has 1 aliphatic carbocycles. The minimum atomic E-state index is 0.179. The number of hydrogen-bond acceptors (Lipinski definition) is 3. The van der Waals surface area contributed by atoms with Gasteiger partial charge in [-0.05, 0) is 58.0 Å². The lowest BCUT2D eigenvalue weighted by Crippen LogP contribution is -2.47. The number of rotatable bonds is 4. The van der Waals surface area contributed by atoms with Gasteiger partial charge < -0.3 is 11.1 Å². The van der Waals surface area contributed by atoms with Crippen LogP contribution in [0.25, 0.3) is 0 Å². The van der Waals surface area contributed by atoms with E-state index in [0.29, 0.717) is 12.0 Å². The van der Waals surface area contributed by atoms with Crippen molar-refractivity contribution >= 4 is 5.91 Å². The molecule has 4 nitrogen and oxygen atoms in total. The molecule has 1 aliphatic heterocycles. The Morgan fingerprint density at radius 1 is 1.30 bits per heavy atom. The molecule has 2 rings (SSSR count). The van der Waals surface area contributed by atoms with Gasteiger partial charge in [0.15, 0.2) is 0 Å². The first-order chi connectivity index (χ1) is 9.58. The highest BCUT2D eigenvalue weighted by molar-refractivity contribution is 5.78. The summed E-state index contributed by atoms with van der Waals surface area (Å²) in [5, 5.41) is 3.16. The van der Waals surface area contributed by atoms with Gasteiger partial charge in [-0.15, -0.1) is 0 Å². The summed E-state index contributed by atoms with van der Waals surface area (Å²) < 4.78 is 0. The zero-order valence-corrected chi connectivity index (χ0v) is 13.1. The molecule has 4 unspecified atom stereocenters. The van der Waals surface area contributed by atoms with E-state index < -0.39 is 0 Å². The predicted octanol–water partition coefficient (Wildman–Crippen LogP) is 1.74. The van der Waals surface area contributed by atoms with Gasteiger partial charge in [0.2, 0.25) is 5.91 Å². The zero-order chi connectivity index (χ0) is 14.5. The molecule has 2 aliphatic rings. The lowest BCUT2D eigenvalue weighted by molar-refractivity contribution is -0.126. The van der Waals surface area contributed by atoms with E-state index in [1.54, 1.807) is 0 Å². The number of hydrogen-bond donors (Lipinski definition) is 2. The first-order valence-electron chi connectivity index (χ1n) is 8.35. The van der Waals surface area contributed by atoms with Crippen LogP contribution in [0, 0.1) is 11.8 Å². The van der Waals surface area contributed by atoms with Crippen LogP contribution < -0.4 is 11.1 Å². The van der Waals surface area contributed by atoms with Crippen molar-refractivity contribution in [3.63, 3.8) is 0 Å². The molecule has 1 amide bonds. The van der Waals surface area contributed by atoms with E-state index in [1.807, 2.05) is 0 Å². The normalized spacial score (nSPS) is 33.6. The third-order valence-corrected chi connectivity index (χ3v) is 5.19. The fourth-order valence-corrected chi connectivity index (χ4v) is 3.54. The van der Waals surface area contributed by atoms with E-state index in [-0.39, 0.29) is 17.9 Å². The summed E-state index contributed by atoms with van der Waals surface area (Å²) in [6.45, 7) is 7.56. The summed E-state index contributed by atoms with van der Waals surface area (Å²) in [6, 6.07) is 0.744. The average molecular weight is 281 g/mol. The van der Waals surface area contributed by atoms with Gasteiger partial charge in [-0.3, -0.25) is 9.69 Å². The Hall–Kier alpha value is -0.610. The van der Waals surface area contributed by atoms with Gasteiger partial charge in [-0.1, -0.05) is 13.3 Å². The summed E-state index contributed by atoms with van der Waals surface area (Å²) in [7, 11) is 0. The van der Waals surface area contributed by atoms with Crippen molar-refractivity contribution in [3.05, 3.63) is 0 Å². The molecule has 20 heavy (non-hydrogen) atoms. The molecule has 1 saturated heterocycles. The summed E-state index contributed by atoms with van der Waals surface area (Å²) >= 11 is 0. The van der Waals surface area contributed by atoms with E-state index in [9.17, 15) is 4.79 Å². The predicted molar refractivity (Wildman–Crippen MR) is 82.4 cm³/mol. The van der Waals surface area contributed by atoms with Crippen molar-refractivity contribution in [1.29, 1.82) is 0 Å². The molecule has 0 spiro atoms. The fraction of sp³-hybridized carbons (Fsp3) is 0.938. The van der Waals surface area contributed by atoms with Gasteiger partial charge in [0.25, 0.3) is 0 Å². The lowest BCUT2D eigenvalue weighted by Gasteiger charge is -2.34. The van der Waals surface area contributed by atoms with Crippen LogP contribution in [-0.4, -0.2) is 42.5 Å². The maximum atomic E-state index is 12.3. The standard InChI is InChI=1S/C16H31N3O/c1-12-10-14(6-7-15(12)17)16(20)18-11-13(2)19-8-4-3-5-9-19/h12-15H,3-11,17H2,1-2H3,(H,18,20). The van der Waals surface area contributed by atoms with Gasteiger partial charge in [0.05, 0.1) is 0 Å². The van der Waals surface area contributed by atoms with Crippen molar-refractivity contribution in [3.8, 4) is 0 Å². The zero-order valence-electron chi connectivity index (χ0n) is 13.1. The summed E-state index contributed by atoms with van der Waals surface area (Å²) in [5.41, 5.74) is 6.02. The number of amides is 1. The van der Waals surface area contributed by atoms with Crippen LogP contribution in [0.4, 0.5) is 0 Å². The van der Waals surface area contributed by atoms with Crippen molar-refractivity contribution in [2.45, 2.75) is 64.5 Å². The Morgan fingerprint density at radius 3 is 2.65 bits per heavy atom. The monoisotopic (exact) mass is 281 g/mol. The van der Waals surface area contributed by atoms with Crippen LogP contribution in [-0.2, 0) is 4.79 Å². The second-order valence-corrected chi connectivity index (χ2v) is 6.84.